The molecule has 98 valence electrons. The summed E-state index contributed by atoms with van der Waals surface area (Å²) in [5.74, 6) is 1.02. The van der Waals surface area contributed by atoms with E-state index in [0.29, 0.717) is 30.4 Å². The van der Waals surface area contributed by atoms with Crippen LogP contribution in [0, 0.1) is 0 Å². The number of rotatable bonds is 5. The van der Waals surface area contributed by atoms with Gasteiger partial charge in [0.05, 0.1) is 13.2 Å². The third-order valence-corrected chi connectivity index (χ3v) is 2.29. The largest absolute Gasteiger partial charge is 0.486 e. The van der Waals surface area contributed by atoms with Crippen LogP contribution in [0.3, 0.4) is 0 Å². The first-order valence-corrected chi connectivity index (χ1v) is 5.67. The van der Waals surface area contributed by atoms with Gasteiger partial charge in [0.2, 0.25) is 5.91 Å². The first-order chi connectivity index (χ1) is 8.79. The number of nitrogens with one attached hydrogen (secondary N) is 1. The Morgan fingerprint density at radius 1 is 1.33 bits per heavy atom. The highest BCUT2D eigenvalue weighted by Gasteiger charge is 2.12. The highest BCUT2D eigenvalue weighted by atomic mass is 16.6. The van der Waals surface area contributed by atoms with Gasteiger partial charge in [-0.05, 0) is 12.1 Å². The number of carbonyl (C=O) groups excluding carboxylic acids is 1. The molecule has 1 amide bonds. The Hall–Kier alpha value is -1.79. The summed E-state index contributed by atoms with van der Waals surface area (Å²) in [6.45, 7) is 0.999. The zero-order valence-corrected chi connectivity index (χ0v) is 9.85. The van der Waals surface area contributed by atoms with Crippen molar-refractivity contribution in [2.24, 2.45) is 0 Å². The summed E-state index contributed by atoms with van der Waals surface area (Å²) in [5, 5.41) is 11.2. The van der Waals surface area contributed by atoms with Crippen LogP contribution in [-0.4, -0.2) is 44.0 Å². The Morgan fingerprint density at radius 3 is 2.89 bits per heavy atom. The van der Waals surface area contributed by atoms with E-state index in [1.54, 1.807) is 18.2 Å². The van der Waals surface area contributed by atoms with E-state index < -0.39 is 0 Å². The quantitative estimate of drug-likeness (QED) is 0.743. The van der Waals surface area contributed by atoms with Crippen molar-refractivity contribution in [1.29, 1.82) is 0 Å². The van der Waals surface area contributed by atoms with Gasteiger partial charge in [0, 0.05) is 11.8 Å². The SMILES string of the molecule is O=C(COCCO)Nc1ccc2c(c1)OCCO2. The molecule has 2 N–H and O–H groups in total. The van der Waals surface area contributed by atoms with Crippen LogP contribution < -0.4 is 14.8 Å². The van der Waals surface area contributed by atoms with Crippen LogP contribution in [0.5, 0.6) is 11.5 Å². The molecule has 0 radical (unpaired) electrons. The Bertz CT molecular complexity index is 421. The molecule has 1 aliphatic heterocycles. The van der Waals surface area contributed by atoms with Gasteiger partial charge in [-0.3, -0.25) is 4.79 Å². The van der Waals surface area contributed by atoms with Crippen molar-refractivity contribution < 1.29 is 24.1 Å². The molecule has 1 aromatic carbocycles. The van der Waals surface area contributed by atoms with E-state index in [4.69, 9.17) is 19.3 Å². The fraction of sp³-hybridized carbons (Fsp3) is 0.417. The average Bonchev–Trinajstić information content (AvgIpc) is 2.39. The molecule has 6 heteroatoms. The molecule has 0 saturated heterocycles. The molecule has 0 fully saturated rings. The highest BCUT2D eigenvalue weighted by molar-refractivity contribution is 5.92. The Balaban J connectivity index is 1.91. The lowest BCUT2D eigenvalue weighted by Gasteiger charge is -2.19. The molecular weight excluding hydrogens is 238 g/mol. The lowest BCUT2D eigenvalue weighted by Crippen LogP contribution is -2.20. The number of amides is 1. The predicted octanol–water partition coefficient (Wildman–Crippen LogP) is 0.405. The number of carbonyl (C=O) groups is 1. The van der Waals surface area contributed by atoms with Crippen LogP contribution in [0.15, 0.2) is 18.2 Å². The molecule has 0 aromatic heterocycles. The molecule has 6 nitrogen and oxygen atoms in total. The van der Waals surface area contributed by atoms with Gasteiger partial charge < -0.3 is 24.6 Å². The Morgan fingerprint density at radius 2 is 2.11 bits per heavy atom. The maximum Gasteiger partial charge on any atom is 0.250 e. The van der Waals surface area contributed by atoms with Crippen molar-refractivity contribution in [1.82, 2.24) is 0 Å². The number of hydrogen-bond acceptors (Lipinski definition) is 5. The van der Waals surface area contributed by atoms with Crippen molar-refractivity contribution in [3.8, 4) is 11.5 Å². The minimum absolute atomic E-state index is 0.0883. The van der Waals surface area contributed by atoms with E-state index >= 15 is 0 Å². The molecule has 0 saturated carbocycles. The third kappa shape index (κ3) is 3.35. The van der Waals surface area contributed by atoms with Gasteiger partial charge in [-0.1, -0.05) is 0 Å². The van der Waals surface area contributed by atoms with Crippen molar-refractivity contribution >= 4 is 11.6 Å². The van der Waals surface area contributed by atoms with Crippen molar-refractivity contribution in [2.75, 3.05) is 38.4 Å². The van der Waals surface area contributed by atoms with Crippen LogP contribution in [0.1, 0.15) is 0 Å². The fourth-order valence-electron chi connectivity index (χ4n) is 1.55. The lowest BCUT2D eigenvalue weighted by molar-refractivity contribution is -0.120. The van der Waals surface area contributed by atoms with Gasteiger partial charge in [0.1, 0.15) is 19.8 Å². The molecule has 1 aromatic rings. The summed E-state index contributed by atoms with van der Waals surface area (Å²) in [7, 11) is 0. The second-order valence-corrected chi connectivity index (χ2v) is 3.68. The summed E-state index contributed by atoms with van der Waals surface area (Å²) in [5.41, 5.74) is 0.622. The number of anilines is 1. The van der Waals surface area contributed by atoms with Crippen molar-refractivity contribution in [3.05, 3.63) is 18.2 Å². The van der Waals surface area contributed by atoms with Gasteiger partial charge in [-0.2, -0.15) is 0 Å². The summed E-state index contributed by atoms with van der Waals surface area (Å²) < 4.78 is 15.7. The Labute approximate surface area is 104 Å². The van der Waals surface area contributed by atoms with Crippen molar-refractivity contribution in [3.63, 3.8) is 0 Å². The van der Waals surface area contributed by atoms with E-state index in [2.05, 4.69) is 5.32 Å². The highest BCUT2D eigenvalue weighted by Crippen LogP contribution is 2.32. The number of ether oxygens (including phenoxy) is 3. The average molecular weight is 253 g/mol. The molecule has 0 bridgehead atoms. The van der Waals surface area contributed by atoms with Crippen LogP contribution in [0.4, 0.5) is 5.69 Å². The Kier molecular flexibility index (Phi) is 4.38. The monoisotopic (exact) mass is 253 g/mol. The maximum atomic E-state index is 11.5. The molecule has 18 heavy (non-hydrogen) atoms. The van der Waals surface area contributed by atoms with E-state index in [1.807, 2.05) is 0 Å². The zero-order chi connectivity index (χ0) is 12.8. The summed E-state index contributed by atoms with van der Waals surface area (Å²) in [6.07, 6.45) is 0. The lowest BCUT2D eigenvalue weighted by atomic mass is 10.2. The van der Waals surface area contributed by atoms with Crippen molar-refractivity contribution in [2.45, 2.75) is 0 Å². The molecule has 1 heterocycles. The van der Waals surface area contributed by atoms with Gasteiger partial charge in [0.25, 0.3) is 0 Å². The number of aliphatic hydroxyl groups excluding tert-OH is 1. The van der Waals surface area contributed by atoms with Gasteiger partial charge in [-0.15, -0.1) is 0 Å². The summed E-state index contributed by atoms with van der Waals surface area (Å²) in [4.78, 5) is 11.5. The summed E-state index contributed by atoms with van der Waals surface area (Å²) >= 11 is 0. The van der Waals surface area contributed by atoms with E-state index in [9.17, 15) is 4.79 Å². The van der Waals surface area contributed by atoms with Gasteiger partial charge >= 0.3 is 0 Å². The maximum absolute atomic E-state index is 11.5. The number of hydrogen-bond donors (Lipinski definition) is 2. The second kappa shape index (κ2) is 6.23. The number of fused-ring (bicyclic) bond motifs is 1. The van der Waals surface area contributed by atoms with E-state index in [-0.39, 0.29) is 25.7 Å². The molecule has 0 atom stereocenters. The van der Waals surface area contributed by atoms with E-state index in [1.165, 1.54) is 0 Å². The first-order valence-electron chi connectivity index (χ1n) is 5.67. The molecule has 2 rings (SSSR count). The fourth-order valence-corrected chi connectivity index (χ4v) is 1.55. The minimum Gasteiger partial charge on any atom is -0.486 e. The number of benzene rings is 1. The van der Waals surface area contributed by atoms with Gasteiger partial charge in [0.15, 0.2) is 11.5 Å². The van der Waals surface area contributed by atoms with Crippen LogP contribution >= 0.6 is 0 Å². The second-order valence-electron chi connectivity index (χ2n) is 3.68. The normalized spacial score (nSPS) is 13.2. The minimum atomic E-state index is -0.278. The topological polar surface area (TPSA) is 77.0 Å². The molecule has 0 spiro atoms. The van der Waals surface area contributed by atoms with Crippen LogP contribution in [0.2, 0.25) is 0 Å². The third-order valence-electron chi connectivity index (χ3n) is 2.29. The molecule has 0 unspecified atom stereocenters. The molecule has 0 aliphatic carbocycles. The standard InChI is InChI=1S/C12H15NO5/c14-3-4-16-8-12(15)13-9-1-2-10-11(7-9)18-6-5-17-10/h1-2,7,14H,3-6,8H2,(H,13,15). The molecule has 1 aliphatic rings. The number of aliphatic hydroxyl groups is 1. The smallest absolute Gasteiger partial charge is 0.250 e. The predicted molar refractivity (Wildman–Crippen MR) is 64.0 cm³/mol. The summed E-state index contributed by atoms with van der Waals surface area (Å²) in [6, 6.07) is 5.19. The first kappa shape index (κ1) is 12.7. The van der Waals surface area contributed by atoms with Crippen LogP contribution in [0.25, 0.3) is 0 Å². The zero-order valence-electron chi connectivity index (χ0n) is 9.85. The van der Waals surface area contributed by atoms with E-state index in [0.717, 1.165) is 0 Å². The van der Waals surface area contributed by atoms with Crippen LogP contribution in [-0.2, 0) is 9.53 Å². The van der Waals surface area contributed by atoms with Gasteiger partial charge in [-0.25, -0.2) is 0 Å². The molecular formula is C12H15NO5.